The number of carbonyl (C=O) groups is 2. The van der Waals surface area contributed by atoms with Gasteiger partial charge < -0.3 is 15.0 Å². The summed E-state index contributed by atoms with van der Waals surface area (Å²) in [6, 6.07) is 1.48. The van der Waals surface area contributed by atoms with Crippen LogP contribution in [0, 0.1) is 11.3 Å². The van der Waals surface area contributed by atoms with Gasteiger partial charge in [0.25, 0.3) is 0 Å². The number of nitrogens with zero attached hydrogens (tertiary/aromatic N) is 3. The minimum Gasteiger partial charge on any atom is -0.378 e. The van der Waals surface area contributed by atoms with Crippen molar-refractivity contribution in [1.82, 2.24) is 20.0 Å². The van der Waals surface area contributed by atoms with Crippen LogP contribution in [-0.4, -0.2) is 59.5 Å². The van der Waals surface area contributed by atoms with Crippen LogP contribution in [0.4, 0.5) is 10.6 Å². The third-order valence-corrected chi connectivity index (χ3v) is 5.73. The zero-order valence-electron chi connectivity index (χ0n) is 14.4. The Kier molecular flexibility index (Phi) is 4.37. The lowest BCUT2D eigenvalue weighted by atomic mass is 10.0. The first-order valence-electron chi connectivity index (χ1n) is 9.08. The lowest BCUT2D eigenvalue weighted by Crippen LogP contribution is -2.42. The summed E-state index contributed by atoms with van der Waals surface area (Å²) in [5.74, 6) is 1.30. The topological polar surface area (TPSA) is 88.5 Å². The Morgan fingerprint density at radius 2 is 2.20 bits per heavy atom. The van der Waals surface area contributed by atoms with Crippen molar-refractivity contribution in [3.05, 3.63) is 12.3 Å². The molecule has 8 nitrogen and oxygen atoms in total. The normalized spacial score (nSPS) is 27.7. The lowest BCUT2D eigenvalue weighted by molar-refractivity contribution is -0.136. The molecule has 25 heavy (non-hydrogen) atoms. The van der Waals surface area contributed by atoms with Gasteiger partial charge in [-0.1, -0.05) is 6.42 Å². The molecule has 2 atom stereocenters. The zero-order chi connectivity index (χ0) is 17.3. The van der Waals surface area contributed by atoms with E-state index >= 15 is 0 Å². The number of hydrogen-bond acceptors (Lipinski definition) is 4. The van der Waals surface area contributed by atoms with E-state index in [1.165, 1.54) is 25.7 Å². The Morgan fingerprint density at radius 3 is 2.92 bits per heavy atom. The molecule has 0 bridgehead atoms. The monoisotopic (exact) mass is 347 g/mol. The number of urea groups is 1. The Morgan fingerprint density at radius 1 is 1.36 bits per heavy atom. The zero-order valence-corrected chi connectivity index (χ0v) is 14.4. The van der Waals surface area contributed by atoms with E-state index < -0.39 is 0 Å². The molecule has 3 fully saturated rings. The fourth-order valence-corrected chi connectivity index (χ4v) is 4.14. The summed E-state index contributed by atoms with van der Waals surface area (Å²) in [6.07, 6.45) is 6.79. The molecule has 3 aliphatic rings. The summed E-state index contributed by atoms with van der Waals surface area (Å²) in [6.45, 7) is 3.33. The Bertz CT molecular complexity index is 654. The molecule has 2 N–H and O–H groups in total. The average Bonchev–Trinajstić information content (AvgIpc) is 2.93. The molecule has 1 aromatic rings. The van der Waals surface area contributed by atoms with Crippen LogP contribution in [0.25, 0.3) is 0 Å². The highest BCUT2D eigenvalue weighted by atomic mass is 16.5. The van der Waals surface area contributed by atoms with E-state index in [1.807, 2.05) is 0 Å². The minimum atomic E-state index is -0.225. The van der Waals surface area contributed by atoms with Gasteiger partial charge >= 0.3 is 6.03 Å². The largest absolute Gasteiger partial charge is 0.378 e. The van der Waals surface area contributed by atoms with Crippen LogP contribution in [0.1, 0.15) is 25.7 Å². The van der Waals surface area contributed by atoms with Gasteiger partial charge in [0, 0.05) is 31.9 Å². The smallest absolute Gasteiger partial charge is 0.320 e. The van der Waals surface area contributed by atoms with E-state index in [0.29, 0.717) is 37.5 Å². The first-order valence-corrected chi connectivity index (χ1v) is 9.08. The van der Waals surface area contributed by atoms with Gasteiger partial charge in [-0.05, 0) is 30.6 Å². The van der Waals surface area contributed by atoms with E-state index in [-0.39, 0.29) is 18.5 Å². The Hall–Kier alpha value is -2.09. The molecule has 8 heteroatoms. The molecule has 0 spiro atoms. The van der Waals surface area contributed by atoms with E-state index in [2.05, 4.69) is 15.7 Å². The van der Waals surface area contributed by atoms with Crippen LogP contribution in [0.5, 0.6) is 0 Å². The predicted octanol–water partition coefficient (Wildman–Crippen LogP) is 1.05. The first-order chi connectivity index (χ1) is 12.1. The molecule has 3 amide bonds. The maximum atomic E-state index is 12.2. The van der Waals surface area contributed by atoms with Crippen molar-refractivity contribution < 1.29 is 14.3 Å². The van der Waals surface area contributed by atoms with E-state index in [9.17, 15) is 9.59 Å². The molecular formula is C17H25N5O3. The number of amides is 3. The second kappa shape index (κ2) is 6.67. The lowest BCUT2D eigenvalue weighted by Gasteiger charge is -2.26. The quantitative estimate of drug-likeness (QED) is 0.833. The molecule has 1 aromatic heterocycles. The van der Waals surface area contributed by atoms with Gasteiger partial charge in [-0.2, -0.15) is 5.10 Å². The van der Waals surface area contributed by atoms with Gasteiger partial charge in [0.2, 0.25) is 5.91 Å². The summed E-state index contributed by atoms with van der Waals surface area (Å²) in [4.78, 5) is 26.0. The molecule has 1 saturated heterocycles. The van der Waals surface area contributed by atoms with Crippen LogP contribution >= 0.6 is 0 Å². The van der Waals surface area contributed by atoms with Gasteiger partial charge in [-0.25, -0.2) is 4.79 Å². The van der Waals surface area contributed by atoms with Gasteiger partial charge in [0.1, 0.15) is 6.54 Å². The van der Waals surface area contributed by atoms with Gasteiger partial charge in [-0.3, -0.25) is 14.8 Å². The second-order valence-electron chi connectivity index (χ2n) is 7.36. The summed E-state index contributed by atoms with van der Waals surface area (Å²) >= 11 is 0. The number of fused-ring (bicyclic) bond motifs is 1. The summed E-state index contributed by atoms with van der Waals surface area (Å²) in [5.41, 5.74) is 0.376. The van der Waals surface area contributed by atoms with Gasteiger partial charge in [-0.15, -0.1) is 0 Å². The van der Waals surface area contributed by atoms with Crippen molar-refractivity contribution >= 4 is 17.8 Å². The molecule has 136 valence electrons. The third-order valence-electron chi connectivity index (χ3n) is 5.73. The van der Waals surface area contributed by atoms with Crippen molar-refractivity contribution in [2.24, 2.45) is 11.3 Å². The Labute approximate surface area is 146 Å². The standard InChI is InChI=1S/C17H25N5O3/c23-15(21-6-8-25-9-7-21)11-22-5-3-14(20-22)19-16(24)18-12-17-4-1-2-13(17)10-17/h3,5,13H,1-2,4,6-12H2,(H2,18,19,20,24)/t13-,17+/m1/s1. The fraction of sp³-hybridized carbons (Fsp3) is 0.706. The molecule has 2 aliphatic carbocycles. The van der Waals surface area contributed by atoms with Gasteiger partial charge in [0.05, 0.1) is 13.2 Å². The van der Waals surface area contributed by atoms with Gasteiger partial charge in [0.15, 0.2) is 5.82 Å². The third kappa shape index (κ3) is 3.63. The number of anilines is 1. The number of aromatic nitrogens is 2. The van der Waals surface area contributed by atoms with Crippen LogP contribution < -0.4 is 10.6 Å². The van der Waals surface area contributed by atoms with Crippen molar-refractivity contribution in [1.29, 1.82) is 0 Å². The summed E-state index contributed by atoms with van der Waals surface area (Å²) < 4.78 is 6.80. The minimum absolute atomic E-state index is 0.0162. The van der Waals surface area contributed by atoms with Crippen molar-refractivity contribution in [3.63, 3.8) is 0 Å². The number of ether oxygens (including phenoxy) is 1. The number of rotatable bonds is 5. The highest BCUT2D eigenvalue weighted by Gasteiger charge is 2.56. The summed E-state index contributed by atoms with van der Waals surface area (Å²) in [7, 11) is 0. The van der Waals surface area contributed by atoms with E-state index in [1.54, 1.807) is 21.8 Å². The molecular weight excluding hydrogens is 322 g/mol. The number of morpholine rings is 1. The summed E-state index contributed by atoms with van der Waals surface area (Å²) in [5, 5.41) is 9.98. The first kappa shape index (κ1) is 16.4. The predicted molar refractivity (Wildman–Crippen MR) is 91.0 cm³/mol. The maximum Gasteiger partial charge on any atom is 0.320 e. The number of hydrogen-bond donors (Lipinski definition) is 2. The van der Waals surface area contributed by atoms with Crippen LogP contribution in [0.15, 0.2) is 12.3 Å². The molecule has 4 rings (SSSR count). The molecule has 2 saturated carbocycles. The maximum absolute atomic E-state index is 12.2. The Balaban J connectivity index is 1.23. The highest BCUT2D eigenvalue weighted by Crippen LogP contribution is 2.63. The molecule has 0 unspecified atom stereocenters. The molecule has 0 aromatic carbocycles. The second-order valence-corrected chi connectivity index (χ2v) is 7.36. The van der Waals surface area contributed by atoms with E-state index in [4.69, 9.17) is 4.74 Å². The number of nitrogens with one attached hydrogen (secondary N) is 2. The molecule has 2 heterocycles. The van der Waals surface area contributed by atoms with Crippen molar-refractivity contribution in [2.75, 3.05) is 38.2 Å². The fourth-order valence-electron chi connectivity index (χ4n) is 4.14. The molecule has 1 aliphatic heterocycles. The highest BCUT2D eigenvalue weighted by molar-refractivity contribution is 5.88. The van der Waals surface area contributed by atoms with Crippen LogP contribution in [0.2, 0.25) is 0 Å². The van der Waals surface area contributed by atoms with Crippen molar-refractivity contribution in [2.45, 2.75) is 32.2 Å². The van der Waals surface area contributed by atoms with E-state index in [0.717, 1.165) is 12.5 Å². The van der Waals surface area contributed by atoms with Crippen LogP contribution in [-0.2, 0) is 16.1 Å². The van der Waals surface area contributed by atoms with Crippen molar-refractivity contribution in [3.8, 4) is 0 Å². The number of carbonyl (C=O) groups excluding carboxylic acids is 2. The average molecular weight is 347 g/mol. The van der Waals surface area contributed by atoms with Crippen LogP contribution in [0.3, 0.4) is 0 Å². The SMILES string of the molecule is O=C(NC[C@@]12CCC[C@@H]1C2)Nc1ccn(CC(=O)N2CCOCC2)n1. The molecule has 0 radical (unpaired) electrons.